The third-order valence-electron chi connectivity index (χ3n) is 5.50. The monoisotopic (exact) mass is 222 g/mol. The van der Waals surface area contributed by atoms with Crippen LogP contribution >= 0.6 is 0 Å². The van der Waals surface area contributed by atoms with E-state index in [4.69, 9.17) is 11.5 Å². The van der Waals surface area contributed by atoms with Crippen LogP contribution in [0.15, 0.2) is 0 Å². The van der Waals surface area contributed by atoms with E-state index >= 15 is 0 Å². The maximum absolute atomic E-state index is 11.5. The Hall–Kier alpha value is -1.06. The Kier molecular flexibility index (Phi) is 1.76. The van der Waals surface area contributed by atoms with E-state index in [1.54, 1.807) is 0 Å². The maximum Gasteiger partial charge on any atom is 0.221 e. The Morgan fingerprint density at radius 1 is 1.06 bits per heavy atom. The fourth-order valence-corrected chi connectivity index (χ4v) is 4.96. The topological polar surface area (TPSA) is 86.2 Å². The number of hydrogen-bond donors (Lipinski definition) is 2. The van der Waals surface area contributed by atoms with Crippen molar-refractivity contribution in [1.29, 1.82) is 0 Å². The zero-order valence-electron chi connectivity index (χ0n) is 9.48. The lowest BCUT2D eigenvalue weighted by atomic mass is 9.78. The van der Waals surface area contributed by atoms with Crippen molar-refractivity contribution in [2.24, 2.45) is 46.5 Å². The van der Waals surface area contributed by atoms with Crippen molar-refractivity contribution in [2.75, 3.05) is 0 Å². The molecule has 0 aromatic rings. The maximum atomic E-state index is 11.5. The van der Waals surface area contributed by atoms with Crippen LogP contribution in [0.25, 0.3) is 0 Å². The van der Waals surface area contributed by atoms with E-state index in [1.807, 2.05) is 0 Å². The van der Waals surface area contributed by atoms with Crippen LogP contribution in [0.5, 0.6) is 0 Å². The minimum Gasteiger partial charge on any atom is -0.369 e. The Labute approximate surface area is 94.7 Å². The first kappa shape index (κ1) is 10.1. The molecule has 0 heterocycles. The van der Waals surface area contributed by atoms with Gasteiger partial charge in [0.15, 0.2) is 0 Å². The summed E-state index contributed by atoms with van der Waals surface area (Å²) in [6.07, 6.45) is 3.24. The second-order valence-corrected chi connectivity index (χ2v) is 5.86. The molecule has 3 saturated carbocycles. The molecule has 5 atom stereocenters. The highest BCUT2D eigenvalue weighted by atomic mass is 16.2. The average Bonchev–Trinajstić information content (AvgIpc) is 2.62. The minimum absolute atomic E-state index is 0.236. The second kappa shape index (κ2) is 2.79. The van der Waals surface area contributed by atoms with Gasteiger partial charge in [-0.2, -0.15) is 0 Å². The summed E-state index contributed by atoms with van der Waals surface area (Å²) in [5, 5.41) is 0. The van der Waals surface area contributed by atoms with Crippen molar-refractivity contribution >= 4 is 11.8 Å². The summed E-state index contributed by atoms with van der Waals surface area (Å²) in [7, 11) is 0. The van der Waals surface area contributed by atoms with E-state index in [-0.39, 0.29) is 29.1 Å². The van der Waals surface area contributed by atoms with Crippen LogP contribution in [0.3, 0.4) is 0 Å². The predicted molar refractivity (Wildman–Crippen MR) is 57.8 cm³/mol. The predicted octanol–water partition coefficient (Wildman–Crippen LogP) is 0.255. The van der Waals surface area contributed by atoms with Gasteiger partial charge in [-0.25, -0.2) is 0 Å². The van der Waals surface area contributed by atoms with Gasteiger partial charge in [-0.1, -0.05) is 6.92 Å². The molecule has 2 amide bonds. The van der Waals surface area contributed by atoms with Crippen molar-refractivity contribution in [3.63, 3.8) is 0 Å². The first-order chi connectivity index (χ1) is 7.50. The molecule has 3 fully saturated rings. The normalized spacial score (nSPS) is 53.2. The molecular weight excluding hydrogens is 204 g/mol. The summed E-state index contributed by atoms with van der Waals surface area (Å²) in [5.74, 6) is 0.0487. The van der Waals surface area contributed by atoms with Gasteiger partial charge in [-0.15, -0.1) is 0 Å². The highest BCUT2D eigenvalue weighted by Crippen LogP contribution is 2.77. The van der Waals surface area contributed by atoms with E-state index in [0.29, 0.717) is 17.8 Å². The average molecular weight is 222 g/mol. The van der Waals surface area contributed by atoms with Gasteiger partial charge in [0.1, 0.15) is 0 Å². The minimum atomic E-state index is -0.325. The van der Waals surface area contributed by atoms with E-state index in [2.05, 4.69) is 6.92 Å². The molecule has 5 unspecified atom stereocenters. The van der Waals surface area contributed by atoms with Crippen LogP contribution in [0.2, 0.25) is 0 Å². The molecule has 0 aromatic carbocycles. The van der Waals surface area contributed by atoms with Crippen LogP contribution in [0, 0.1) is 35.0 Å². The zero-order chi connectivity index (χ0) is 11.7. The van der Waals surface area contributed by atoms with Crippen molar-refractivity contribution < 1.29 is 9.59 Å². The molecule has 0 aromatic heterocycles. The zero-order valence-corrected chi connectivity index (χ0v) is 9.48. The van der Waals surface area contributed by atoms with Crippen molar-refractivity contribution in [3.8, 4) is 0 Å². The summed E-state index contributed by atoms with van der Waals surface area (Å²) in [6.45, 7) is 2.22. The molecule has 3 aliphatic rings. The van der Waals surface area contributed by atoms with E-state index in [9.17, 15) is 9.59 Å². The molecule has 3 rings (SSSR count). The van der Waals surface area contributed by atoms with Gasteiger partial charge < -0.3 is 11.5 Å². The molecule has 0 radical (unpaired) electrons. The van der Waals surface area contributed by atoms with E-state index in [0.717, 1.165) is 19.3 Å². The van der Waals surface area contributed by atoms with Crippen molar-refractivity contribution in [1.82, 2.24) is 0 Å². The van der Waals surface area contributed by atoms with E-state index in [1.165, 1.54) is 0 Å². The van der Waals surface area contributed by atoms with Gasteiger partial charge in [-0.05, 0) is 42.4 Å². The lowest BCUT2D eigenvalue weighted by Crippen LogP contribution is -2.41. The third kappa shape index (κ3) is 0.913. The molecule has 4 nitrogen and oxygen atoms in total. The Balaban J connectivity index is 2.02. The molecule has 2 bridgehead atoms. The largest absolute Gasteiger partial charge is 0.369 e. The summed E-state index contributed by atoms with van der Waals surface area (Å²) in [6, 6.07) is 0. The van der Waals surface area contributed by atoms with Gasteiger partial charge in [0, 0.05) is 0 Å². The Morgan fingerprint density at radius 3 is 1.69 bits per heavy atom. The highest BCUT2D eigenvalue weighted by Gasteiger charge is 2.74. The molecular formula is C12H18N2O2. The standard InChI is InChI=1S/C12H18N2O2/c1-5-4-12(5)6-2-3-7(12)9(11(14)16)8(6)10(13)15/h5-9H,2-4H2,1H3,(H2,13,15)(H2,14,16). The fraction of sp³-hybridized carbons (Fsp3) is 0.833. The first-order valence-electron chi connectivity index (χ1n) is 6.08. The number of amides is 2. The lowest BCUT2D eigenvalue weighted by Gasteiger charge is -2.25. The molecule has 1 spiro atoms. The molecule has 88 valence electrons. The number of hydrogen-bond acceptors (Lipinski definition) is 2. The van der Waals surface area contributed by atoms with Crippen molar-refractivity contribution in [3.05, 3.63) is 0 Å². The van der Waals surface area contributed by atoms with Gasteiger partial charge in [0.2, 0.25) is 11.8 Å². The number of nitrogens with two attached hydrogens (primary N) is 2. The second-order valence-electron chi connectivity index (χ2n) is 5.86. The summed E-state index contributed by atoms with van der Waals surface area (Å²) in [4.78, 5) is 23.1. The quantitative estimate of drug-likeness (QED) is 0.702. The first-order valence-corrected chi connectivity index (χ1v) is 6.08. The fourth-order valence-electron chi connectivity index (χ4n) is 4.96. The van der Waals surface area contributed by atoms with Crippen LogP contribution in [0.1, 0.15) is 26.2 Å². The molecule has 0 saturated heterocycles. The smallest absolute Gasteiger partial charge is 0.221 e. The Bertz CT molecular complexity index is 351. The van der Waals surface area contributed by atoms with Crippen LogP contribution in [-0.4, -0.2) is 11.8 Å². The number of primary amides is 2. The van der Waals surface area contributed by atoms with Gasteiger partial charge >= 0.3 is 0 Å². The van der Waals surface area contributed by atoms with Gasteiger partial charge in [0.25, 0.3) is 0 Å². The van der Waals surface area contributed by atoms with Crippen molar-refractivity contribution in [2.45, 2.75) is 26.2 Å². The molecule has 0 aliphatic heterocycles. The SMILES string of the molecule is CC1CC12C1CCC2C(C(N)=O)C1C(N)=O. The number of rotatable bonds is 2. The van der Waals surface area contributed by atoms with Crippen LogP contribution in [-0.2, 0) is 9.59 Å². The summed E-state index contributed by atoms with van der Waals surface area (Å²) < 4.78 is 0. The number of carbonyl (C=O) groups excluding carboxylic acids is 2. The highest BCUT2D eigenvalue weighted by molar-refractivity contribution is 5.88. The van der Waals surface area contributed by atoms with E-state index < -0.39 is 0 Å². The Morgan fingerprint density at radius 2 is 1.44 bits per heavy atom. The summed E-state index contributed by atoms with van der Waals surface area (Å²) in [5.41, 5.74) is 11.2. The van der Waals surface area contributed by atoms with Gasteiger partial charge in [0.05, 0.1) is 11.8 Å². The van der Waals surface area contributed by atoms with Crippen LogP contribution < -0.4 is 11.5 Å². The molecule has 4 N–H and O–H groups in total. The third-order valence-corrected chi connectivity index (χ3v) is 5.50. The molecule has 4 heteroatoms. The summed E-state index contributed by atoms with van der Waals surface area (Å²) >= 11 is 0. The lowest BCUT2D eigenvalue weighted by molar-refractivity contribution is -0.133. The number of carbonyl (C=O) groups is 2. The van der Waals surface area contributed by atoms with Crippen LogP contribution in [0.4, 0.5) is 0 Å². The van der Waals surface area contributed by atoms with Gasteiger partial charge in [-0.3, -0.25) is 9.59 Å². The molecule has 16 heavy (non-hydrogen) atoms. The molecule has 3 aliphatic carbocycles.